The lowest BCUT2D eigenvalue weighted by Gasteiger charge is -2.07. The van der Waals surface area contributed by atoms with E-state index < -0.39 is 23.1 Å². The van der Waals surface area contributed by atoms with Gasteiger partial charge < -0.3 is 5.32 Å². The number of carbonyl (C=O) groups is 1. The first-order valence-corrected chi connectivity index (χ1v) is 5.82. The lowest BCUT2D eigenvalue weighted by atomic mass is 10.2. The fourth-order valence-electron chi connectivity index (χ4n) is 1.39. The number of nitrogens with one attached hydrogen (secondary N) is 1. The molecule has 1 atom stereocenters. The zero-order chi connectivity index (χ0) is 12.8. The summed E-state index contributed by atoms with van der Waals surface area (Å²) in [5, 5.41) is 2.48. The van der Waals surface area contributed by atoms with E-state index in [4.69, 9.17) is 11.6 Å². The van der Waals surface area contributed by atoms with Crippen LogP contribution in [0.2, 0.25) is 0 Å². The van der Waals surface area contributed by atoms with Gasteiger partial charge in [-0.25, -0.2) is 8.78 Å². The molecule has 1 unspecified atom stereocenters. The Balaban J connectivity index is 2.53. The van der Waals surface area contributed by atoms with Gasteiger partial charge in [0.1, 0.15) is 17.2 Å². The second kappa shape index (κ2) is 6.55. The molecule has 0 spiro atoms. The zero-order valence-corrected chi connectivity index (χ0v) is 10.2. The average molecular weight is 262 g/mol. The van der Waals surface area contributed by atoms with Crippen LogP contribution in [-0.2, 0) is 0 Å². The van der Waals surface area contributed by atoms with E-state index >= 15 is 0 Å². The van der Waals surface area contributed by atoms with Crippen LogP contribution in [0.5, 0.6) is 0 Å². The maximum Gasteiger partial charge on any atom is 0.257 e. The summed E-state index contributed by atoms with van der Waals surface area (Å²) < 4.78 is 26.4. The summed E-state index contributed by atoms with van der Waals surface area (Å²) in [6.07, 6.45) is 1.41. The van der Waals surface area contributed by atoms with Crippen LogP contribution in [0.3, 0.4) is 0 Å². The zero-order valence-electron chi connectivity index (χ0n) is 9.47. The lowest BCUT2D eigenvalue weighted by Crippen LogP contribution is -2.26. The summed E-state index contributed by atoms with van der Waals surface area (Å²) in [6.45, 7) is 2.20. The van der Waals surface area contributed by atoms with Gasteiger partial charge in [0, 0.05) is 11.9 Å². The van der Waals surface area contributed by atoms with E-state index in [0.717, 1.165) is 18.6 Å². The molecule has 2 nitrogen and oxygen atoms in total. The fourth-order valence-corrected chi connectivity index (χ4v) is 1.54. The van der Waals surface area contributed by atoms with Gasteiger partial charge >= 0.3 is 0 Å². The van der Waals surface area contributed by atoms with Gasteiger partial charge in [-0.05, 0) is 31.9 Å². The Morgan fingerprint density at radius 1 is 1.41 bits per heavy atom. The largest absolute Gasteiger partial charge is 0.352 e. The third-order valence-corrected chi connectivity index (χ3v) is 2.47. The second-order valence-corrected chi connectivity index (χ2v) is 4.52. The van der Waals surface area contributed by atoms with Crippen molar-refractivity contribution in [2.24, 2.45) is 0 Å². The van der Waals surface area contributed by atoms with Crippen molar-refractivity contribution in [2.75, 3.05) is 6.54 Å². The Bertz CT molecular complexity index is 376. The molecule has 1 aromatic carbocycles. The van der Waals surface area contributed by atoms with Crippen LogP contribution < -0.4 is 5.32 Å². The van der Waals surface area contributed by atoms with Crippen molar-refractivity contribution in [3.63, 3.8) is 0 Å². The van der Waals surface area contributed by atoms with Gasteiger partial charge in [-0.1, -0.05) is 6.07 Å². The van der Waals surface area contributed by atoms with Crippen molar-refractivity contribution in [1.29, 1.82) is 0 Å². The smallest absolute Gasteiger partial charge is 0.257 e. The molecular formula is C12H14ClF2NO. The number of rotatable bonds is 5. The molecule has 1 rings (SSSR count). The molecule has 1 aromatic rings. The SMILES string of the molecule is CC(Cl)CCCNC(=O)c1c(F)cccc1F. The Morgan fingerprint density at radius 3 is 2.53 bits per heavy atom. The predicted octanol–water partition coefficient (Wildman–Crippen LogP) is 3.10. The summed E-state index contributed by atoms with van der Waals surface area (Å²) in [5.74, 6) is -2.44. The van der Waals surface area contributed by atoms with E-state index in [-0.39, 0.29) is 5.38 Å². The van der Waals surface area contributed by atoms with Crippen LogP contribution in [-0.4, -0.2) is 17.8 Å². The minimum Gasteiger partial charge on any atom is -0.352 e. The van der Waals surface area contributed by atoms with Crippen molar-refractivity contribution in [3.8, 4) is 0 Å². The molecule has 1 N–H and O–H groups in total. The number of carbonyl (C=O) groups excluding carboxylic acids is 1. The normalized spacial score (nSPS) is 12.2. The predicted molar refractivity (Wildman–Crippen MR) is 63.2 cm³/mol. The number of benzene rings is 1. The molecule has 17 heavy (non-hydrogen) atoms. The first-order valence-electron chi connectivity index (χ1n) is 5.38. The van der Waals surface area contributed by atoms with Crippen LogP contribution in [0.4, 0.5) is 8.78 Å². The van der Waals surface area contributed by atoms with Gasteiger partial charge in [0.2, 0.25) is 0 Å². The van der Waals surface area contributed by atoms with Crippen LogP contribution in [0.25, 0.3) is 0 Å². The summed E-state index contributed by atoms with van der Waals surface area (Å²) in [7, 11) is 0. The molecule has 0 saturated heterocycles. The first kappa shape index (κ1) is 13.9. The van der Waals surface area contributed by atoms with Crippen LogP contribution >= 0.6 is 11.6 Å². The average Bonchev–Trinajstić information content (AvgIpc) is 2.24. The molecule has 0 aliphatic carbocycles. The van der Waals surface area contributed by atoms with E-state index in [2.05, 4.69) is 5.32 Å². The number of hydrogen-bond donors (Lipinski definition) is 1. The lowest BCUT2D eigenvalue weighted by molar-refractivity contribution is 0.0944. The van der Waals surface area contributed by atoms with Crippen molar-refractivity contribution in [3.05, 3.63) is 35.4 Å². The number of halogens is 3. The number of hydrogen-bond acceptors (Lipinski definition) is 1. The van der Waals surface area contributed by atoms with E-state index in [1.54, 1.807) is 0 Å². The van der Waals surface area contributed by atoms with Gasteiger partial charge in [-0.3, -0.25) is 4.79 Å². The highest BCUT2D eigenvalue weighted by Crippen LogP contribution is 2.11. The van der Waals surface area contributed by atoms with E-state index in [9.17, 15) is 13.6 Å². The summed E-state index contributed by atoms with van der Waals surface area (Å²) in [4.78, 5) is 11.5. The molecule has 94 valence electrons. The summed E-state index contributed by atoms with van der Waals surface area (Å²) >= 11 is 5.73. The van der Waals surface area contributed by atoms with Crippen LogP contribution in [0, 0.1) is 11.6 Å². The maximum absolute atomic E-state index is 13.2. The van der Waals surface area contributed by atoms with E-state index in [1.807, 2.05) is 6.92 Å². The molecule has 0 fully saturated rings. The van der Waals surface area contributed by atoms with Gasteiger partial charge in [0.25, 0.3) is 5.91 Å². The Morgan fingerprint density at radius 2 is 2.00 bits per heavy atom. The molecule has 1 amide bonds. The number of alkyl halides is 1. The fraction of sp³-hybridized carbons (Fsp3) is 0.417. The van der Waals surface area contributed by atoms with Crippen LogP contribution in [0.1, 0.15) is 30.1 Å². The Labute approximate surface area is 104 Å². The van der Waals surface area contributed by atoms with Crippen LogP contribution in [0.15, 0.2) is 18.2 Å². The molecule has 0 radical (unpaired) electrons. The Kier molecular flexibility index (Phi) is 5.35. The molecule has 0 heterocycles. The van der Waals surface area contributed by atoms with Crippen molar-refractivity contribution >= 4 is 17.5 Å². The number of amides is 1. The van der Waals surface area contributed by atoms with Gasteiger partial charge in [0.15, 0.2) is 0 Å². The topological polar surface area (TPSA) is 29.1 Å². The standard InChI is InChI=1S/C12H14ClF2NO/c1-8(13)4-3-7-16-12(17)11-9(14)5-2-6-10(11)15/h2,5-6,8H,3-4,7H2,1H3,(H,16,17). The minimum atomic E-state index is -0.854. The van der Waals surface area contributed by atoms with E-state index in [0.29, 0.717) is 13.0 Å². The van der Waals surface area contributed by atoms with Gasteiger partial charge in [-0.15, -0.1) is 11.6 Å². The second-order valence-electron chi connectivity index (χ2n) is 3.78. The molecule has 5 heteroatoms. The molecule has 0 bridgehead atoms. The summed E-state index contributed by atoms with van der Waals surface area (Å²) in [5.41, 5.74) is -0.536. The Hall–Kier alpha value is -1.16. The minimum absolute atomic E-state index is 0.0251. The monoisotopic (exact) mass is 261 g/mol. The summed E-state index contributed by atoms with van der Waals surface area (Å²) in [6, 6.07) is 3.33. The van der Waals surface area contributed by atoms with Gasteiger partial charge in [-0.2, -0.15) is 0 Å². The quantitative estimate of drug-likeness (QED) is 0.640. The molecule has 0 aliphatic heterocycles. The highest BCUT2D eigenvalue weighted by atomic mass is 35.5. The maximum atomic E-state index is 13.2. The third kappa shape index (κ3) is 4.30. The molecule has 0 aromatic heterocycles. The van der Waals surface area contributed by atoms with Crippen molar-refractivity contribution < 1.29 is 13.6 Å². The highest BCUT2D eigenvalue weighted by molar-refractivity contribution is 6.20. The highest BCUT2D eigenvalue weighted by Gasteiger charge is 2.16. The van der Waals surface area contributed by atoms with Gasteiger partial charge in [0.05, 0.1) is 0 Å². The molecule has 0 saturated carbocycles. The van der Waals surface area contributed by atoms with E-state index in [1.165, 1.54) is 6.07 Å². The van der Waals surface area contributed by atoms with Crippen molar-refractivity contribution in [2.45, 2.75) is 25.1 Å². The first-order chi connectivity index (χ1) is 8.02. The van der Waals surface area contributed by atoms with Crippen molar-refractivity contribution in [1.82, 2.24) is 5.32 Å². The third-order valence-electron chi connectivity index (χ3n) is 2.25. The molecule has 0 aliphatic rings. The molecular weight excluding hydrogens is 248 g/mol.